The van der Waals surface area contributed by atoms with Gasteiger partial charge >= 0.3 is 5.97 Å². The maximum absolute atomic E-state index is 15.2. The summed E-state index contributed by atoms with van der Waals surface area (Å²) in [7, 11) is 0. The van der Waals surface area contributed by atoms with Gasteiger partial charge in [-0.3, -0.25) is 0 Å². The standard InChI is InChI=1S/C27H39FN2O2/c1-26(2,3)32-25(31)21-12-23(29-20-7-5-4-6-8-20)24(13-22(21)28)30-27-14-17-9-18(15-27)11-19(10-17)16-27/h12-13,17-20,29-30H,4-11,14-16H2,1-3H3. The molecule has 5 fully saturated rings. The molecule has 0 aromatic heterocycles. The molecule has 1 aromatic rings. The molecule has 6 rings (SSSR count). The van der Waals surface area contributed by atoms with Crippen LogP contribution in [0.5, 0.6) is 0 Å². The number of nitrogens with one attached hydrogen (secondary N) is 2. The van der Waals surface area contributed by atoms with Gasteiger partial charge in [-0.05, 0) is 102 Å². The Morgan fingerprint density at radius 3 is 2.12 bits per heavy atom. The van der Waals surface area contributed by atoms with Crippen LogP contribution in [0.3, 0.4) is 0 Å². The zero-order chi connectivity index (χ0) is 22.5. The molecule has 5 aliphatic rings. The molecular weight excluding hydrogens is 403 g/mol. The summed E-state index contributed by atoms with van der Waals surface area (Å²) < 4.78 is 20.7. The van der Waals surface area contributed by atoms with Crippen LogP contribution in [0.4, 0.5) is 15.8 Å². The van der Waals surface area contributed by atoms with Crippen molar-refractivity contribution < 1.29 is 13.9 Å². The Labute approximate surface area is 192 Å². The van der Waals surface area contributed by atoms with E-state index in [4.69, 9.17) is 4.74 Å². The van der Waals surface area contributed by atoms with Gasteiger partial charge in [0.1, 0.15) is 11.4 Å². The number of anilines is 2. The van der Waals surface area contributed by atoms with Crippen molar-refractivity contribution in [3.63, 3.8) is 0 Å². The summed E-state index contributed by atoms with van der Waals surface area (Å²) >= 11 is 0. The predicted molar refractivity (Wildman–Crippen MR) is 127 cm³/mol. The molecule has 5 aliphatic carbocycles. The Morgan fingerprint density at radius 2 is 1.56 bits per heavy atom. The minimum Gasteiger partial charge on any atom is -0.456 e. The molecule has 4 nitrogen and oxygen atoms in total. The van der Waals surface area contributed by atoms with Crippen LogP contribution in [-0.4, -0.2) is 23.2 Å². The second kappa shape index (κ2) is 8.22. The lowest BCUT2D eigenvalue weighted by Gasteiger charge is -2.57. The van der Waals surface area contributed by atoms with E-state index >= 15 is 4.39 Å². The smallest absolute Gasteiger partial charge is 0.341 e. The van der Waals surface area contributed by atoms with Crippen molar-refractivity contribution in [2.75, 3.05) is 10.6 Å². The van der Waals surface area contributed by atoms with Gasteiger partial charge in [-0.15, -0.1) is 0 Å². The van der Waals surface area contributed by atoms with Crippen LogP contribution in [0.1, 0.15) is 102 Å². The molecule has 0 aliphatic heterocycles. The number of halogens is 1. The van der Waals surface area contributed by atoms with E-state index in [-0.39, 0.29) is 11.1 Å². The molecular formula is C27H39FN2O2. The van der Waals surface area contributed by atoms with Gasteiger partial charge in [-0.25, -0.2) is 9.18 Å². The third kappa shape index (κ3) is 4.63. The highest BCUT2D eigenvalue weighted by molar-refractivity contribution is 5.93. The van der Waals surface area contributed by atoms with E-state index in [9.17, 15) is 4.79 Å². The Hall–Kier alpha value is -1.78. The first-order valence-corrected chi connectivity index (χ1v) is 12.8. The summed E-state index contributed by atoms with van der Waals surface area (Å²) in [5.41, 5.74) is 1.13. The number of carbonyl (C=O) groups is 1. The van der Waals surface area contributed by atoms with Gasteiger partial charge in [0.15, 0.2) is 0 Å². The van der Waals surface area contributed by atoms with E-state index in [1.54, 1.807) is 12.1 Å². The number of rotatable bonds is 5. The number of ether oxygens (including phenoxy) is 1. The lowest BCUT2D eigenvalue weighted by Crippen LogP contribution is -2.54. The van der Waals surface area contributed by atoms with E-state index in [2.05, 4.69) is 10.6 Å². The van der Waals surface area contributed by atoms with Crippen molar-refractivity contribution >= 4 is 17.3 Å². The highest BCUT2D eigenvalue weighted by atomic mass is 19.1. The summed E-state index contributed by atoms with van der Waals surface area (Å²) in [5, 5.41) is 7.53. The second-order valence-electron chi connectivity index (χ2n) is 12.2. The molecule has 176 valence electrons. The third-order valence-corrected chi connectivity index (χ3v) is 8.13. The fourth-order valence-corrected chi connectivity index (χ4v) is 7.30. The molecule has 32 heavy (non-hydrogen) atoms. The zero-order valence-corrected chi connectivity index (χ0v) is 19.9. The normalized spacial score (nSPS) is 32.1. The average molecular weight is 443 g/mol. The average Bonchev–Trinajstić information content (AvgIpc) is 2.68. The van der Waals surface area contributed by atoms with Gasteiger partial charge in [0.2, 0.25) is 0 Å². The van der Waals surface area contributed by atoms with Gasteiger partial charge in [0, 0.05) is 11.6 Å². The van der Waals surface area contributed by atoms with E-state index in [1.807, 2.05) is 20.8 Å². The van der Waals surface area contributed by atoms with Crippen LogP contribution in [0, 0.1) is 23.6 Å². The van der Waals surface area contributed by atoms with Crippen LogP contribution >= 0.6 is 0 Å². The lowest BCUT2D eigenvalue weighted by atomic mass is 9.53. The molecule has 2 N–H and O–H groups in total. The minimum atomic E-state index is -0.656. The Kier molecular flexibility index (Phi) is 5.66. The summed E-state index contributed by atoms with van der Waals surface area (Å²) in [6, 6.07) is 3.61. The molecule has 0 saturated heterocycles. The van der Waals surface area contributed by atoms with Gasteiger partial charge < -0.3 is 15.4 Å². The monoisotopic (exact) mass is 442 g/mol. The maximum atomic E-state index is 15.2. The molecule has 0 radical (unpaired) electrons. The van der Waals surface area contributed by atoms with Crippen LogP contribution in [0.25, 0.3) is 0 Å². The molecule has 5 heteroatoms. The van der Waals surface area contributed by atoms with Crippen LogP contribution in [0.15, 0.2) is 12.1 Å². The molecule has 5 saturated carbocycles. The third-order valence-electron chi connectivity index (χ3n) is 8.13. The number of hydrogen-bond donors (Lipinski definition) is 2. The van der Waals surface area contributed by atoms with Crippen molar-refractivity contribution in [2.45, 2.75) is 109 Å². The lowest BCUT2D eigenvalue weighted by molar-refractivity contribution is 0.00648. The fraction of sp³-hybridized carbons (Fsp3) is 0.741. The van der Waals surface area contributed by atoms with Gasteiger partial charge in [-0.2, -0.15) is 0 Å². The first kappa shape index (κ1) is 22.0. The maximum Gasteiger partial charge on any atom is 0.341 e. The summed E-state index contributed by atoms with van der Waals surface area (Å²) in [6.45, 7) is 5.44. The SMILES string of the molecule is CC(C)(C)OC(=O)c1cc(NC2CCCCC2)c(NC23CC4CC(CC(C4)C2)C3)cc1F. The van der Waals surface area contributed by atoms with Crippen molar-refractivity contribution in [3.05, 3.63) is 23.5 Å². The van der Waals surface area contributed by atoms with E-state index in [1.165, 1.54) is 57.8 Å². The summed E-state index contributed by atoms with van der Waals surface area (Å²) in [4.78, 5) is 12.7. The van der Waals surface area contributed by atoms with Crippen molar-refractivity contribution in [3.8, 4) is 0 Å². The quantitative estimate of drug-likeness (QED) is 0.487. The number of esters is 1. The minimum absolute atomic E-state index is 0.0225. The summed E-state index contributed by atoms with van der Waals surface area (Å²) in [5.74, 6) is 1.35. The van der Waals surface area contributed by atoms with Gasteiger partial charge in [0.25, 0.3) is 0 Å². The van der Waals surface area contributed by atoms with Crippen LogP contribution in [-0.2, 0) is 4.74 Å². The second-order valence-corrected chi connectivity index (χ2v) is 12.2. The molecule has 0 amide bonds. The Balaban J connectivity index is 1.45. The Bertz CT molecular complexity index is 834. The fourth-order valence-electron chi connectivity index (χ4n) is 7.30. The van der Waals surface area contributed by atoms with Crippen molar-refractivity contribution in [1.29, 1.82) is 0 Å². The number of hydrogen-bond acceptors (Lipinski definition) is 4. The topological polar surface area (TPSA) is 50.4 Å². The first-order valence-electron chi connectivity index (χ1n) is 12.8. The highest BCUT2D eigenvalue weighted by Crippen LogP contribution is 2.57. The van der Waals surface area contributed by atoms with E-state index < -0.39 is 17.4 Å². The summed E-state index contributed by atoms with van der Waals surface area (Å²) in [6.07, 6.45) is 13.7. The molecule has 0 spiro atoms. The van der Waals surface area contributed by atoms with Gasteiger partial charge in [0.05, 0.1) is 16.9 Å². The van der Waals surface area contributed by atoms with Gasteiger partial charge in [-0.1, -0.05) is 19.3 Å². The number of carbonyl (C=O) groups excluding carboxylic acids is 1. The Morgan fingerprint density at radius 1 is 0.969 bits per heavy atom. The molecule has 1 aromatic carbocycles. The van der Waals surface area contributed by atoms with Crippen LogP contribution in [0.2, 0.25) is 0 Å². The zero-order valence-electron chi connectivity index (χ0n) is 19.9. The largest absolute Gasteiger partial charge is 0.456 e. The van der Waals surface area contributed by atoms with Crippen molar-refractivity contribution in [1.82, 2.24) is 0 Å². The molecule has 4 bridgehead atoms. The number of benzene rings is 1. The highest BCUT2D eigenvalue weighted by Gasteiger charge is 2.51. The van der Waals surface area contributed by atoms with Crippen LogP contribution < -0.4 is 10.6 Å². The first-order chi connectivity index (χ1) is 15.2. The molecule has 0 unspecified atom stereocenters. The predicted octanol–water partition coefficient (Wildman–Crippen LogP) is 6.91. The van der Waals surface area contributed by atoms with Crippen molar-refractivity contribution in [2.24, 2.45) is 17.8 Å². The molecule has 0 atom stereocenters. The molecule has 0 heterocycles. The van der Waals surface area contributed by atoms with E-state index in [0.717, 1.165) is 42.0 Å². The van der Waals surface area contributed by atoms with E-state index in [0.29, 0.717) is 6.04 Å².